The third-order valence-electron chi connectivity index (χ3n) is 5.22. The van der Waals surface area contributed by atoms with Crippen LogP contribution in [0.1, 0.15) is 20.8 Å². The van der Waals surface area contributed by atoms with Crippen molar-refractivity contribution >= 4 is 18.7 Å². The van der Waals surface area contributed by atoms with E-state index >= 15 is 0 Å². The van der Waals surface area contributed by atoms with Crippen LogP contribution >= 0.6 is 0 Å². The van der Waals surface area contributed by atoms with Gasteiger partial charge in [-0.05, 0) is 15.4 Å². The van der Waals surface area contributed by atoms with Gasteiger partial charge in [-0.3, -0.25) is 0 Å². The number of aliphatic hydroxyl groups is 3. The van der Waals surface area contributed by atoms with Crippen LogP contribution in [0.5, 0.6) is 0 Å². The zero-order chi connectivity index (χ0) is 19.7. The molecule has 2 aromatic rings. The van der Waals surface area contributed by atoms with Crippen molar-refractivity contribution in [1.82, 2.24) is 0 Å². The second kappa shape index (κ2) is 7.83. The standard InChI is InChI=1S/C21H28O5Si/c1-21(2,3)27(15-10-6-4-7-11-15,16-12-8-5-9-13-16)25-14-17-18(22)19(23)20(24)26-17/h4-13,17-20,22-24H,14H2,1-3H3/t17-,18-,19+,20-/m0/s1. The molecule has 3 N–H and O–H groups in total. The average molecular weight is 389 g/mol. The van der Waals surface area contributed by atoms with Crippen LogP contribution in [0.3, 0.4) is 0 Å². The molecule has 146 valence electrons. The maximum atomic E-state index is 10.2. The van der Waals surface area contributed by atoms with Crippen molar-refractivity contribution in [3.05, 3.63) is 60.7 Å². The van der Waals surface area contributed by atoms with E-state index in [2.05, 4.69) is 45.0 Å². The van der Waals surface area contributed by atoms with Crippen LogP contribution in [0.4, 0.5) is 0 Å². The fraction of sp³-hybridized carbons (Fsp3) is 0.429. The van der Waals surface area contributed by atoms with E-state index in [4.69, 9.17) is 9.16 Å². The fourth-order valence-corrected chi connectivity index (χ4v) is 8.41. The summed E-state index contributed by atoms with van der Waals surface area (Å²) in [6.45, 7) is 6.57. The topological polar surface area (TPSA) is 79.2 Å². The van der Waals surface area contributed by atoms with E-state index in [-0.39, 0.29) is 11.6 Å². The van der Waals surface area contributed by atoms with E-state index in [0.717, 1.165) is 10.4 Å². The Morgan fingerprint density at radius 3 is 1.70 bits per heavy atom. The molecule has 1 saturated heterocycles. The minimum atomic E-state index is -2.74. The van der Waals surface area contributed by atoms with Gasteiger partial charge in [0.15, 0.2) is 6.29 Å². The van der Waals surface area contributed by atoms with Gasteiger partial charge in [0.2, 0.25) is 0 Å². The van der Waals surface area contributed by atoms with Crippen molar-refractivity contribution in [2.45, 2.75) is 50.4 Å². The summed E-state index contributed by atoms with van der Waals surface area (Å²) in [6, 6.07) is 20.3. The molecule has 3 rings (SSSR count). The molecule has 4 atom stereocenters. The largest absolute Gasteiger partial charge is 0.405 e. The number of aliphatic hydroxyl groups excluding tert-OH is 3. The molecule has 0 saturated carbocycles. The molecule has 0 amide bonds. The first-order valence-electron chi connectivity index (χ1n) is 9.22. The van der Waals surface area contributed by atoms with E-state index in [1.165, 1.54) is 0 Å². The van der Waals surface area contributed by atoms with Crippen molar-refractivity contribution in [2.24, 2.45) is 0 Å². The maximum Gasteiger partial charge on any atom is 0.261 e. The zero-order valence-corrected chi connectivity index (χ0v) is 16.9. The normalized spacial score (nSPS) is 26.3. The fourth-order valence-electron chi connectivity index (χ4n) is 3.84. The molecule has 1 aliphatic heterocycles. The molecule has 5 nitrogen and oxygen atoms in total. The van der Waals surface area contributed by atoms with Gasteiger partial charge in [-0.2, -0.15) is 0 Å². The quantitative estimate of drug-likeness (QED) is 0.666. The monoisotopic (exact) mass is 388 g/mol. The van der Waals surface area contributed by atoms with Gasteiger partial charge in [-0.25, -0.2) is 0 Å². The highest BCUT2D eigenvalue weighted by Crippen LogP contribution is 2.37. The van der Waals surface area contributed by atoms with Crippen molar-refractivity contribution in [1.29, 1.82) is 0 Å². The Balaban J connectivity index is 2.02. The summed E-state index contributed by atoms with van der Waals surface area (Å²) >= 11 is 0. The summed E-state index contributed by atoms with van der Waals surface area (Å²) in [5, 5.41) is 31.7. The molecule has 0 unspecified atom stereocenters. The summed E-state index contributed by atoms with van der Waals surface area (Å²) in [7, 11) is -2.74. The van der Waals surface area contributed by atoms with Gasteiger partial charge < -0.3 is 24.5 Å². The lowest BCUT2D eigenvalue weighted by Crippen LogP contribution is -2.67. The Morgan fingerprint density at radius 1 is 0.852 bits per heavy atom. The third-order valence-corrected chi connectivity index (χ3v) is 10.2. The third kappa shape index (κ3) is 3.74. The molecule has 1 aliphatic rings. The Morgan fingerprint density at radius 2 is 1.33 bits per heavy atom. The molecule has 1 fully saturated rings. The minimum Gasteiger partial charge on any atom is -0.405 e. The number of benzene rings is 2. The lowest BCUT2D eigenvalue weighted by Gasteiger charge is -2.43. The molecular formula is C21H28O5Si. The van der Waals surface area contributed by atoms with E-state index in [1.54, 1.807) is 0 Å². The molecule has 0 aromatic heterocycles. The van der Waals surface area contributed by atoms with E-state index in [1.807, 2.05) is 36.4 Å². The highest BCUT2D eigenvalue weighted by atomic mass is 28.4. The predicted molar refractivity (Wildman–Crippen MR) is 106 cm³/mol. The zero-order valence-electron chi connectivity index (χ0n) is 15.9. The van der Waals surface area contributed by atoms with Gasteiger partial charge in [0, 0.05) is 0 Å². The highest BCUT2D eigenvalue weighted by molar-refractivity contribution is 6.99. The lowest BCUT2D eigenvalue weighted by molar-refractivity contribution is -0.132. The highest BCUT2D eigenvalue weighted by Gasteiger charge is 2.51. The summed E-state index contributed by atoms with van der Waals surface area (Å²) in [6.07, 6.45) is -4.68. The molecular weight excluding hydrogens is 360 g/mol. The van der Waals surface area contributed by atoms with Crippen molar-refractivity contribution in [2.75, 3.05) is 6.61 Å². The Kier molecular flexibility index (Phi) is 5.86. The van der Waals surface area contributed by atoms with Crippen molar-refractivity contribution in [3.8, 4) is 0 Å². The van der Waals surface area contributed by atoms with Crippen LogP contribution in [-0.2, 0) is 9.16 Å². The van der Waals surface area contributed by atoms with Gasteiger partial charge in [0.25, 0.3) is 8.32 Å². The summed E-state index contributed by atoms with van der Waals surface area (Å²) in [5.74, 6) is 0. The van der Waals surface area contributed by atoms with Crippen LogP contribution in [0.2, 0.25) is 5.04 Å². The second-order valence-electron chi connectivity index (χ2n) is 8.02. The Hall–Kier alpha value is -1.54. The lowest BCUT2D eigenvalue weighted by atomic mass is 10.1. The van der Waals surface area contributed by atoms with Crippen LogP contribution < -0.4 is 10.4 Å². The van der Waals surface area contributed by atoms with Crippen molar-refractivity contribution < 1.29 is 24.5 Å². The SMILES string of the molecule is CC(C)(C)[Si](OC[C@@H]1O[C@H](O)[C@H](O)[C@H]1O)(c1ccccc1)c1ccccc1. The van der Waals surface area contributed by atoms with E-state index in [0.29, 0.717) is 0 Å². The number of hydrogen-bond acceptors (Lipinski definition) is 5. The maximum absolute atomic E-state index is 10.2. The summed E-state index contributed by atoms with van der Waals surface area (Å²) in [4.78, 5) is 0. The molecule has 2 aromatic carbocycles. The molecule has 1 heterocycles. The van der Waals surface area contributed by atoms with Gasteiger partial charge in [0.1, 0.15) is 18.3 Å². The van der Waals surface area contributed by atoms with E-state index in [9.17, 15) is 15.3 Å². The summed E-state index contributed by atoms with van der Waals surface area (Å²) in [5.41, 5.74) is 0. The molecule has 27 heavy (non-hydrogen) atoms. The van der Waals surface area contributed by atoms with Crippen LogP contribution in [0.15, 0.2) is 60.7 Å². The molecule has 6 heteroatoms. The summed E-state index contributed by atoms with van der Waals surface area (Å²) < 4.78 is 12.0. The first-order valence-corrected chi connectivity index (χ1v) is 11.1. The Labute approximate surface area is 161 Å². The molecule has 0 spiro atoms. The van der Waals surface area contributed by atoms with Gasteiger partial charge in [-0.1, -0.05) is 81.4 Å². The van der Waals surface area contributed by atoms with Crippen LogP contribution in [0, 0.1) is 0 Å². The van der Waals surface area contributed by atoms with Crippen LogP contribution in [0.25, 0.3) is 0 Å². The number of ether oxygens (including phenoxy) is 1. The number of hydrogen-bond donors (Lipinski definition) is 3. The van der Waals surface area contributed by atoms with Crippen LogP contribution in [-0.4, -0.2) is 54.8 Å². The van der Waals surface area contributed by atoms with Gasteiger partial charge in [0.05, 0.1) is 6.61 Å². The van der Waals surface area contributed by atoms with Crippen molar-refractivity contribution in [3.63, 3.8) is 0 Å². The minimum absolute atomic E-state index is 0.0859. The second-order valence-corrected chi connectivity index (χ2v) is 12.3. The molecule has 0 aliphatic carbocycles. The van der Waals surface area contributed by atoms with Gasteiger partial charge in [-0.15, -0.1) is 0 Å². The Bertz CT molecular complexity index is 692. The first kappa shape index (κ1) is 20.2. The first-order chi connectivity index (χ1) is 12.8. The molecule has 0 bridgehead atoms. The number of rotatable bonds is 5. The van der Waals surface area contributed by atoms with E-state index < -0.39 is 32.9 Å². The predicted octanol–water partition coefficient (Wildman–Crippen LogP) is 1.00. The average Bonchev–Trinajstić information content (AvgIpc) is 2.90. The smallest absolute Gasteiger partial charge is 0.261 e. The molecule has 0 radical (unpaired) electrons. The van der Waals surface area contributed by atoms with Gasteiger partial charge >= 0.3 is 0 Å².